The number of aryl methyl sites for hydroxylation is 4. The van der Waals surface area contributed by atoms with Gasteiger partial charge in [0.15, 0.2) is 0 Å². The summed E-state index contributed by atoms with van der Waals surface area (Å²) < 4.78 is 0. The number of hydrogen-bond donors (Lipinski definition) is 0. The molecule has 0 nitrogen and oxygen atoms in total. The molecule has 1 aliphatic carbocycles. The molecular formula is C23H26. The summed E-state index contributed by atoms with van der Waals surface area (Å²) in [4.78, 5) is 0. The predicted octanol–water partition coefficient (Wildman–Crippen LogP) is 6.81. The highest BCUT2D eigenvalue weighted by Gasteiger charge is 2.15. The lowest BCUT2D eigenvalue weighted by Crippen LogP contribution is -1.97. The van der Waals surface area contributed by atoms with Crippen LogP contribution in [0.4, 0.5) is 0 Å². The van der Waals surface area contributed by atoms with E-state index in [4.69, 9.17) is 0 Å². The van der Waals surface area contributed by atoms with Crippen molar-refractivity contribution in [2.75, 3.05) is 0 Å². The van der Waals surface area contributed by atoms with Crippen molar-refractivity contribution in [3.05, 3.63) is 75.5 Å². The third kappa shape index (κ3) is 3.38. The number of benzene rings is 2. The van der Waals surface area contributed by atoms with E-state index in [9.17, 15) is 0 Å². The van der Waals surface area contributed by atoms with Crippen molar-refractivity contribution in [3.8, 4) is 11.1 Å². The number of allylic oxidation sites excluding steroid dienone is 2. The third-order valence-electron chi connectivity index (χ3n) is 4.16. The van der Waals surface area contributed by atoms with Crippen molar-refractivity contribution in [2.45, 2.75) is 41.5 Å². The lowest BCUT2D eigenvalue weighted by Gasteiger charge is -2.18. The summed E-state index contributed by atoms with van der Waals surface area (Å²) in [5, 5.41) is 0. The monoisotopic (exact) mass is 302 g/mol. The Morgan fingerprint density at radius 1 is 0.783 bits per heavy atom. The Kier molecular flexibility index (Phi) is 5.42. The van der Waals surface area contributed by atoms with Crippen LogP contribution in [0, 0.1) is 27.7 Å². The SMILES string of the molecule is CC.Cc1ccc(C)c(-c2c(C)cc(C)c3c2C=C=CC=C3)c1. The van der Waals surface area contributed by atoms with Crippen molar-refractivity contribution in [1.82, 2.24) is 0 Å². The summed E-state index contributed by atoms with van der Waals surface area (Å²) in [6.45, 7) is 12.7. The van der Waals surface area contributed by atoms with Gasteiger partial charge in [0.25, 0.3) is 0 Å². The summed E-state index contributed by atoms with van der Waals surface area (Å²) in [7, 11) is 0. The Hall–Kier alpha value is -2.30. The fraction of sp³-hybridized carbons (Fsp3) is 0.261. The van der Waals surface area contributed by atoms with Gasteiger partial charge < -0.3 is 0 Å². The Morgan fingerprint density at radius 3 is 2.26 bits per heavy atom. The van der Waals surface area contributed by atoms with Crippen LogP contribution >= 0.6 is 0 Å². The Morgan fingerprint density at radius 2 is 1.52 bits per heavy atom. The minimum atomic E-state index is 1.28. The molecule has 0 radical (unpaired) electrons. The number of hydrogen-bond acceptors (Lipinski definition) is 0. The summed E-state index contributed by atoms with van der Waals surface area (Å²) >= 11 is 0. The van der Waals surface area contributed by atoms with Gasteiger partial charge in [0, 0.05) is 0 Å². The van der Waals surface area contributed by atoms with E-state index in [0.717, 1.165) is 0 Å². The second-order valence-electron chi connectivity index (χ2n) is 5.87. The average molecular weight is 302 g/mol. The summed E-state index contributed by atoms with van der Waals surface area (Å²) in [6, 6.07) is 8.97. The molecule has 0 unspecified atom stereocenters. The van der Waals surface area contributed by atoms with Crippen LogP contribution in [0.1, 0.15) is 47.2 Å². The Balaban J connectivity index is 0.000000924. The molecule has 2 aromatic rings. The quantitative estimate of drug-likeness (QED) is 0.508. The van der Waals surface area contributed by atoms with Crippen LogP contribution in [-0.2, 0) is 0 Å². The molecule has 1 aliphatic rings. The van der Waals surface area contributed by atoms with E-state index in [2.05, 4.69) is 75.9 Å². The lowest BCUT2D eigenvalue weighted by atomic mass is 9.86. The average Bonchev–Trinajstić information content (AvgIpc) is 2.79. The first-order valence-corrected chi connectivity index (χ1v) is 8.39. The zero-order valence-electron chi connectivity index (χ0n) is 15.1. The highest BCUT2D eigenvalue weighted by Crippen LogP contribution is 2.36. The first-order valence-electron chi connectivity index (χ1n) is 8.39. The van der Waals surface area contributed by atoms with Crippen LogP contribution in [-0.4, -0.2) is 0 Å². The largest absolute Gasteiger partial charge is 0.120 e. The zero-order chi connectivity index (χ0) is 17.0. The zero-order valence-corrected chi connectivity index (χ0v) is 15.1. The third-order valence-corrected chi connectivity index (χ3v) is 4.16. The van der Waals surface area contributed by atoms with Crippen LogP contribution in [0.2, 0.25) is 0 Å². The molecule has 118 valence electrons. The number of rotatable bonds is 1. The Labute approximate surface area is 140 Å². The van der Waals surface area contributed by atoms with Gasteiger partial charge in [-0.05, 0) is 78.8 Å². The second-order valence-corrected chi connectivity index (χ2v) is 5.87. The molecule has 0 amide bonds. The van der Waals surface area contributed by atoms with Crippen LogP contribution in [0.5, 0.6) is 0 Å². The van der Waals surface area contributed by atoms with Gasteiger partial charge in [0.2, 0.25) is 0 Å². The first kappa shape index (κ1) is 17.1. The van der Waals surface area contributed by atoms with Gasteiger partial charge in [-0.2, -0.15) is 0 Å². The maximum atomic E-state index is 3.27. The molecule has 0 atom stereocenters. The van der Waals surface area contributed by atoms with E-state index >= 15 is 0 Å². The maximum absolute atomic E-state index is 3.27. The van der Waals surface area contributed by atoms with E-state index in [1.807, 2.05) is 19.9 Å². The normalized spacial score (nSPS) is 11.6. The number of fused-ring (bicyclic) bond motifs is 1. The molecule has 2 aromatic carbocycles. The predicted molar refractivity (Wildman–Crippen MR) is 104 cm³/mol. The summed E-state index contributed by atoms with van der Waals surface area (Å²) in [6.07, 6.45) is 8.35. The lowest BCUT2D eigenvalue weighted by molar-refractivity contribution is 1.32. The minimum absolute atomic E-state index is 1.28. The molecule has 3 rings (SSSR count). The molecule has 0 heterocycles. The van der Waals surface area contributed by atoms with Crippen molar-refractivity contribution in [2.24, 2.45) is 0 Å². The van der Waals surface area contributed by atoms with Crippen LogP contribution < -0.4 is 0 Å². The van der Waals surface area contributed by atoms with Crippen molar-refractivity contribution >= 4 is 12.2 Å². The van der Waals surface area contributed by atoms with Gasteiger partial charge in [-0.15, -0.1) is 5.73 Å². The molecule has 0 saturated heterocycles. The van der Waals surface area contributed by atoms with E-state index in [0.29, 0.717) is 0 Å². The van der Waals surface area contributed by atoms with Crippen molar-refractivity contribution in [1.29, 1.82) is 0 Å². The highest BCUT2D eigenvalue weighted by molar-refractivity contribution is 5.86. The summed E-state index contributed by atoms with van der Waals surface area (Å²) in [5.74, 6) is 0. The van der Waals surface area contributed by atoms with E-state index in [1.165, 1.54) is 44.5 Å². The smallest absolute Gasteiger partial charge is 0.00228 e. The highest BCUT2D eigenvalue weighted by atomic mass is 14.2. The van der Waals surface area contributed by atoms with Crippen molar-refractivity contribution in [3.63, 3.8) is 0 Å². The van der Waals surface area contributed by atoms with Gasteiger partial charge in [0.1, 0.15) is 0 Å². The fourth-order valence-electron chi connectivity index (χ4n) is 3.10. The molecule has 0 bridgehead atoms. The van der Waals surface area contributed by atoms with Crippen LogP contribution in [0.15, 0.2) is 42.1 Å². The fourth-order valence-corrected chi connectivity index (χ4v) is 3.10. The van der Waals surface area contributed by atoms with Gasteiger partial charge in [-0.3, -0.25) is 0 Å². The van der Waals surface area contributed by atoms with Crippen LogP contribution in [0.3, 0.4) is 0 Å². The van der Waals surface area contributed by atoms with Gasteiger partial charge in [-0.1, -0.05) is 55.8 Å². The van der Waals surface area contributed by atoms with Gasteiger partial charge in [-0.25, -0.2) is 0 Å². The van der Waals surface area contributed by atoms with E-state index in [1.54, 1.807) is 0 Å². The first-order chi connectivity index (χ1) is 11.1. The molecule has 0 spiro atoms. The van der Waals surface area contributed by atoms with E-state index in [-0.39, 0.29) is 0 Å². The van der Waals surface area contributed by atoms with Gasteiger partial charge >= 0.3 is 0 Å². The molecule has 0 aliphatic heterocycles. The minimum Gasteiger partial charge on any atom is -0.120 e. The molecule has 0 aromatic heterocycles. The molecule has 23 heavy (non-hydrogen) atoms. The van der Waals surface area contributed by atoms with Crippen molar-refractivity contribution < 1.29 is 0 Å². The molecule has 0 heteroatoms. The standard InChI is InChI=1S/C21H20.C2H6/c1-14-10-11-15(2)20(12-14)21-17(4)13-16(3)18-8-6-5-7-9-19(18)21;1-2/h5-6,8-13H,1-4H3;1-2H3. The summed E-state index contributed by atoms with van der Waals surface area (Å²) in [5.41, 5.74) is 13.8. The molecular weight excluding hydrogens is 276 g/mol. The molecule has 0 N–H and O–H groups in total. The Bertz CT molecular complexity index is 810. The topological polar surface area (TPSA) is 0 Å². The maximum Gasteiger partial charge on any atom is -0.00228 e. The van der Waals surface area contributed by atoms with Crippen LogP contribution in [0.25, 0.3) is 23.3 Å². The van der Waals surface area contributed by atoms with E-state index < -0.39 is 0 Å². The molecule has 0 saturated carbocycles. The molecule has 0 fully saturated rings. The second kappa shape index (κ2) is 7.31. The van der Waals surface area contributed by atoms with Gasteiger partial charge in [0.05, 0.1) is 0 Å².